The fourth-order valence-electron chi connectivity index (χ4n) is 2.60. The number of carbonyl (C=O) groups is 1. The van der Waals surface area contributed by atoms with Crippen molar-refractivity contribution in [3.8, 4) is 10.6 Å². The molecule has 0 bridgehead atoms. The second-order valence-corrected chi connectivity index (χ2v) is 7.66. The summed E-state index contributed by atoms with van der Waals surface area (Å²) in [6.45, 7) is 0. The summed E-state index contributed by atoms with van der Waals surface area (Å²) in [5, 5.41) is 8.08. The number of nitrogens with zero attached hydrogens (tertiary/aromatic N) is 4. The van der Waals surface area contributed by atoms with Crippen LogP contribution < -0.4 is 5.32 Å². The Kier molecular flexibility index (Phi) is 5.01. The van der Waals surface area contributed by atoms with Crippen LogP contribution in [0.4, 0.5) is 18.9 Å². The highest BCUT2D eigenvalue weighted by atomic mass is 32.2. The molecule has 6 nitrogen and oxygen atoms in total. The molecule has 29 heavy (non-hydrogen) atoms. The summed E-state index contributed by atoms with van der Waals surface area (Å²) in [5.74, 6) is -1.42. The molecule has 3 aromatic heterocycles. The number of halogens is 3. The summed E-state index contributed by atoms with van der Waals surface area (Å²) >= 11 is 2.75. The number of aromatic nitrogens is 4. The maximum Gasteiger partial charge on any atom is 0.433 e. The molecule has 0 unspecified atom stereocenters. The van der Waals surface area contributed by atoms with Gasteiger partial charge in [0.25, 0.3) is 11.7 Å². The van der Waals surface area contributed by atoms with E-state index in [1.165, 1.54) is 23.1 Å². The molecule has 4 rings (SSSR count). The summed E-state index contributed by atoms with van der Waals surface area (Å²) in [7, 11) is 0. The number of fused-ring (bicyclic) bond motifs is 1. The van der Waals surface area contributed by atoms with E-state index in [0.29, 0.717) is 15.1 Å². The van der Waals surface area contributed by atoms with Crippen molar-refractivity contribution in [3.63, 3.8) is 0 Å². The summed E-state index contributed by atoms with van der Waals surface area (Å²) in [4.78, 5) is 22.0. The molecule has 0 aliphatic carbocycles. The van der Waals surface area contributed by atoms with E-state index in [1.54, 1.807) is 35.7 Å². The standard InChI is InChI=1S/C18H12F3N5OS2/c1-28-11-5-2-4-10(8-11)22-16(27)15-24-17-23-12(13-6-3-7-29-13)9-14(18(19,20)21)26(17)25-15/h2-9H,1H3,(H,22,27). The lowest BCUT2D eigenvalue weighted by molar-refractivity contribution is -0.142. The Balaban J connectivity index is 1.75. The molecule has 1 aromatic carbocycles. The molecule has 11 heteroatoms. The summed E-state index contributed by atoms with van der Waals surface area (Å²) in [6.07, 6.45) is -2.80. The zero-order chi connectivity index (χ0) is 20.6. The summed E-state index contributed by atoms with van der Waals surface area (Å²) < 4.78 is 41.2. The van der Waals surface area contributed by atoms with Crippen LogP contribution in [0.1, 0.15) is 16.3 Å². The Bertz CT molecular complexity index is 1190. The first-order chi connectivity index (χ1) is 13.8. The molecular formula is C18H12F3N5OS2. The van der Waals surface area contributed by atoms with Crippen molar-refractivity contribution >= 4 is 40.5 Å². The smallest absolute Gasteiger partial charge is 0.319 e. The summed E-state index contributed by atoms with van der Waals surface area (Å²) in [6, 6.07) is 11.3. The molecule has 0 spiro atoms. The normalized spacial score (nSPS) is 11.7. The Hall–Kier alpha value is -2.92. The van der Waals surface area contributed by atoms with Gasteiger partial charge in [0.15, 0.2) is 5.69 Å². The van der Waals surface area contributed by atoms with Crippen LogP contribution in [-0.4, -0.2) is 31.7 Å². The van der Waals surface area contributed by atoms with Crippen molar-refractivity contribution in [2.75, 3.05) is 11.6 Å². The van der Waals surface area contributed by atoms with Crippen LogP contribution in [0.3, 0.4) is 0 Å². The van der Waals surface area contributed by atoms with Gasteiger partial charge in [0, 0.05) is 10.6 Å². The zero-order valence-electron chi connectivity index (χ0n) is 14.8. The predicted octanol–water partition coefficient (Wildman–Crippen LogP) is 4.85. The topological polar surface area (TPSA) is 72.2 Å². The van der Waals surface area contributed by atoms with Crippen LogP contribution in [0.2, 0.25) is 0 Å². The number of nitrogens with one attached hydrogen (secondary N) is 1. The van der Waals surface area contributed by atoms with Gasteiger partial charge in [-0.3, -0.25) is 4.79 Å². The van der Waals surface area contributed by atoms with Crippen molar-refractivity contribution in [3.05, 3.63) is 59.4 Å². The Morgan fingerprint density at radius 3 is 2.69 bits per heavy atom. The number of amides is 1. The van der Waals surface area contributed by atoms with E-state index in [9.17, 15) is 18.0 Å². The SMILES string of the molecule is CSc1cccc(NC(=O)c2nc3nc(-c4cccs4)cc(C(F)(F)F)n3n2)c1. The average molecular weight is 435 g/mol. The number of hydrogen-bond acceptors (Lipinski definition) is 6. The highest BCUT2D eigenvalue weighted by molar-refractivity contribution is 7.98. The maximum atomic E-state index is 13.6. The zero-order valence-corrected chi connectivity index (χ0v) is 16.4. The van der Waals surface area contributed by atoms with E-state index < -0.39 is 23.6 Å². The lowest BCUT2D eigenvalue weighted by Crippen LogP contribution is -2.16. The van der Waals surface area contributed by atoms with Gasteiger partial charge in [-0.05, 0) is 42.0 Å². The van der Waals surface area contributed by atoms with Gasteiger partial charge in [-0.25, -0.2) is 4.98 Å². The summed E-state index contributed by atoms with van der Waals surface area (Å²) in [5.41, 5.74) is -0.447. The number of hydrogen-bond donors (Lipinski definition) is 1. The van der Waals surface area contributed by atoms with Crippen LogP contribution in [-0.2, 0) is 6.18 Å². The molecule has 0 fully saturated rings. The molecule has 0 saturated heterocycles. The molecule has 148 valence electrons. The van der Waals surface area contributed by atoms with Crippen LogP contribution >= 0.6 is 23.1 Å². The molecule has 1 N–H and O–H groups in total. The number of alkyl halides is 3. The van der Waals surface area contributed by atoms with Crippen molar-refractivity contribution in [2.24, 2.45) is 0 Å². The van der Waals surface area contributed by atoms with E-state index >= 15 is 0 Å². The highest BCUT2D eigenvalue weighted by Crippen LogP contribution is 2.33. The monoisotopic (exact) mass is 435 g/mol. The van der Waals surface area contributed by atoms with E-state index in [4.69, 9.17) is 0 Å². The molecule has 0 aliphatic rings. The maximum absolute atomic E-state index is 13.6. The molecule has 1 amide bonds. The van der Waals surface area contributed by atoms with E-state index in [-0.39, 0.29) is 11.5 Å². The minimum absolute atomic E-state index is 0.117. The number of thiophene rings is 1. The minimum atomic E-state index is -4.69. The predicted molar refractivity (Wildman–Crippen MR) is 105 cm³/mol. The average Bonchev–Trinajstić information content (AvgIpc) is 3.36. The highest BCUT2D eigenvalue weighted by Gasteiger charge is 2.36. The van der Waals surface area contributed by atoms with Crippen LogP contribution in [0.15, 0.2) is 52.7 Å². The quantitative estimate of drug-likeness (QED) is 0.464. The Labute approximate surface area is 170 Å². The number of thioether (sulfide) groups is 1. The fourth-order valence-corrected chi connectivity index (χ4v) is 3.75. The van der Waals surface area contributed by atoms with Crippen molar-refractivity contribution in [1.29, 1.82) is 0 Å². The Morgan fingerprint density at radius 1 is 1.17 bits per heavy atom. The third-order valence-corrected chi connectivity index (χ3v) is 5.52. The van der Waals surface area contributed by atoms with Gasteiger partial charge in [0.2, 0.25) is 5.82 Å². The molecule has 4 aromatic rings. The third kappa shape index (κ3) is 3.96. The van der Waals surface area contributed by atoms with Gasteiger partial charge in [-0.1, -0.05) is 12.1 Å². The molecule has 0 atom stereocenters. The van der Waals surface area contributed by atoms with E-state index in [0.717, 1.165) is 11.0 Å². The molecule has 0 aliphatic heterocycles. The van der Waals surface area contributed by atoms with Gasteiger partial charge in [0.05, 0.1) is 10.6 Å². The first-order valence-electron chi connectivity index (χ1n) is 8.19. The van der Waals surface area contributed by atoms with Crippen molar-refractivity contribution < 1.29 is 18.0 Å². The second kappa shape index (κ2) is 7.48. The van der Waals surface area contributed by atoms with Gasteiger partial charge < -0.3 is 5.32 Å². The first-order valence-corrected chi connectivity index (χ1v) is 10.3. The van der Waals surface area contributed by atoms with Crippen LogP contribution in [0, 0.1) is 0 Å². The van der Waals surface area contributed by atoms with Gasteiger partial charge >= 0.3 is 6.18 Å². The number of anilines is 1. The first kappa shape index (κ1) is 19.4. The van der Waals surface area contributed by atoms with Gasteiger partial charge in [-0.15, -0.1) is 28.2 Å². The fraction of sp³-hybridized carbons (Fsp3) is 0.111. The molecule has 0 saturated carbocycles. The van der Waals surface area contributed by atoms with Crippen molar-refractivity contribution in [2.45, 2.75) is 11.1 Å². The van der Waals surface area contributed by atoms with E-state index in [1.807, 2.05) is 12.3 Å². The minimum Gasteiger partial charge on any atom is -0.319 e. The largest absolute Gasteiger partial charge is 0.433 e. The molecule has 0 radical (unpaired) electrons. The van der Waals surface area contributed by atoms with Crippen LogP contribution in [0.5, 0.6) is 0 Å². The van der Waals surface area contributed by atoms with Gasteiger partial charge in [-0.2, -0.15) is 22.7 Å². The number of carbonyl (C=O) groups excluding carboxylic acids is 1. The Morgan fingerprint density at radius 2 is 2.00 bits per heavy atom. The third-order valence-electron chi connectivity index (χ3n) is 3.91. The lowest BCUT2D eigenvalue weighted by atomic mass is 10.3. The lowest BCUT2D eigenvalue weighted by Gasteiger charge is -2.09. The molecule has 3 heterocycles. The van der Waals surface area contributed by atoms with Crippen LogP contribution in [0.25, 0.3) is 16.3 Å². The van der Waals surface area contributed by atoms with Gasteiger partial charge in [0.1, 0.15) is 0 Å². The second-order valence-electron chi connectivity index (χ2n) is 5.83. The van der Waals surface area contributed by atoms with Crippen molar-refractivity contribution in [1.82, 2.24) is 19.6 Å². The van der Waals surface area contributed by atoms with E-state index in [2.05, 4.69) is 20.4 Å². The molecular weight excluding hydrogens is 423 g/mol. The number of benzene rings is 1. The number of rotatable bonds is 4.